The van der Waals surface area contributed by atoms with Crippen LogP contribution in [-0.4, -0.2) is 20.0 Å². The maximum absolute atomic E-state index is 12.7. The number of fused-ring (bicyclic) bond motifs is 1. The zero-order valence-corrected chi connectivity index (χ0v) is 12.9. The van der Waals surface area contributed by atoms with Gasteiger partial charge in [0.1, 0.15) is 28.4 Å². The van der Waals surface area contributed by atoms with E-state index >= 15 is 0 Å². The second-order valence-electron chi connectivity index (χ2n) is 5.50. The number of hydrogen-bond acceptors (Lipinski definition) is 4. The van der Waals surface area contributed by atoms with E-state index in [2.05, 4.69) is 0 Å². The largest absolute Gasteiger partial charge is 0.496 e. The molecule has 3 rings (SSSR count). The number of benzene rings is 2. The van der Waals surface area contributed by atoms with E-state index < -0.39 is 5.60 Å². The lowest BCUT2D eigenvalue weighted by Crippen LogP contribution is -2.36. The molecular formula is C18H18O4. The van der Waals surface area contributed by atoms with Crippen LogP contribution in [0.5, 0.6) is 17.2 Å². The first-order valence-electron chi connectivity index (χ1n) is 7.11. The highest BCUT2D eigenvalue weighted by atomic mass is 16.5. The SMILES string of the molecule is COc1cc(OC)c2c(c1)OC(C)(c1ccccc1)CC2=O. The quantitative estimate of drug-likeness (QED) is 0.868. The minimum absolute atomic E-state index is 0.00658. The van der Waals surface area contributed by atoms with Crippen LogP contribution in [0.1, 0.15) is 29.3 Å². The molecular weight excluding hydrogens is 280 g/mol. The van der Waals surface area contributed by atoms with Crippen LogP contribution in [-0.2, 0) is 5.60 Å². The van der Waals surface area contributed by atoms with E-state index in [1.54, 1.807) is 19.2 Å². The van der Waals surface area contributed by atoms with Crippen LogP contribution in [0.2, 0.25) is 0 Å². The van der Waals surface area contributed by atoms with Crippen molar-refractivity contribution in [3.63, 3.8) is 0 Å². The third kappa shape index (κ3) is 2.30. The van der Waals surface area contributed by atoms with Crippen molar-refractivity contribution in [2.45, 2.75) is 18.9 Å². The van der Waals surface area contributed by atoms with Crippen molar-refractivity contribution >= 4 is 5.78 Å². The number of ether oxygens (including phenoxy) is 3. The first-order chi connectivity index (χ1) is 10.6. The van der Waals surface area contributed by atoms with E-state index in [-0.39, 0.29) is 12.2 Å². The molecule has 1 aliphatic rings. The Morgan fingerprint density at radius 3 is 2.45 bits per heavy atom. The number of methoxy groups -OCH3 is 2. The number of hydrogen-bond donors (Lipinski definition) is 0. The van der Waals surface area contributed by atoms with Crippen LogP contribution in [0.4, 0.5) is 0 Å². The van der Waals surface area contributed by atoms with Gasteiger partial charge in [-0.05, 0) is 12.5 Å². The Labute approximate surface area is 129 Å². The molecule has 1 heterocycles. The van der Waals surface area contributed by atoms with Gasteiger partial charge in [-0.2, -0.15) is 0 Å². The fourth-order valence-electron chi connectivity index (χ4n) is 2.83. The van der Waals surface area contributed by atoms with Gasteiger partial charge in [0.15, 0.2) is 5.78 Å². The van der Waals surface area contributed by atoms with E-state index in [9.17, 15) is 4.79 Å². The van der Waals surface area contributed by atoms with E-state index in [0.717, 1.165) is 5.56 Å². The summed E-state index contributed by atoms with van der Waals surface area (Å²) in [6.07, 6.45) is 0.271. The Bertz CT molecular complexity index is 709. The molecule has 1 atom stereocenters. The van der Waals surface area contributed by atoms with Gasteiger partial charge in [-0.25, -0.2) is 0 Å². The monoisotopic (exact) mass is 298 g/mol. The third-order valence-electron chi connectivity index (χ3n) is 3.99. The Balaban J connectivity index is 2.11. The van der Waals surface area contributed by atoms with Gasteiger partial charge in [0, 0.05) is 12.1 Å². The van der Waals surface area contributed by atoms with E-state index in [1.807, 2.05) is 37.3 Å². The highest BCUT2D eigenvalue weighted by molar-refractivity contribution is 6.03. The maximum Gasteiger partial charge on any atom is 0.174 e. The molecule has 2 aromatic rings. The summed E-state index contributed by atoms with van der Waals surface area (Å²) in [6, 6.07) is 13.2. The predicted octanol–water partition coefficient (Wildman–Crippen LogP) is 3.58. The van der Waals surface area contributed by atoms with Gasteiger partial charge in [-0.15, -0.1) is 0 Å². The average molecular weight is 298 g/mol. The molecule has 0 aliphatic carbocycles. The van der Waals surface area contributed by atoms with Gasteiger partial charge in [-0.1, -0.05) is 30.3 Å². The number of rotatable bonds is 3. The summed E-state index contributed by atoms with van der Waals surface area (Å²) in [5.74, 6) is 1.58. The highest BCUT2D eigenvalue weighted by Crippen LogP contribution is 2.44. The maximum atomic E-state index is 12.7. The molecule has 0 fully saturated rings. The van der Waals surface area contributed by atoms with Gasteiger partial charge in [-0.3, -0.25) is 4.79 Å². The van der Waals surface area contributed by atoms with Crippen LogP contribution >= 0.6 is 0 Å². The van der Waals surface area contributed by atoms with Crippen molar-refractivity contribution in [3.8, 4) is 17.2 Å². The summed E-state index contributed by atoms with van der Waals surface area (Å²) < 4.78 is 16.8. The molecule has 0 radical (unpaired) electrons. The molecule has 0 bridgehead atoms. The Kier molecular flexibility index (Phi) is 3.53. The second-order valence-corrected chi connectivity index (χ2v) is 5.50. The predicted molar refractivity (Wildman–Crippen MR) is 82.9 cm³/mol. The van der Waals surface area contributed by atoms with Gasteiger partial charge < -0.3 is 14.2 Å². The molecule has 4 nitrogen and oxygen atoms in total. The zero-order valence-electron chi connectivity index (χ0n) is 12.9. The van der Waals surface area contributed by atoms with E-state index in [1.165, 1.54) is 7.11 Å². The average Bonchev–Trinajstić information content (AvgIpc) is 2.54. The molecule has 1 unspecified atom stereocenters. The lowest BCUT2D eigenvalue weighted by atomic mass is 9.85. The lowest BCUT2D eigenvalue weighted by molar-refractivity contribution is 0.0496. The summed E-state index contributed by atoms with van der Waals surface area (Å²) in [7, 11) is 3.11. The van der Waals surface area contributed by atoms with Crippen LogP contribution in [0.25, 0.3) is 0 Å². The summed E-state index contributed by atoms with van der Waals surface area (Å²) in [6.45, 7) is 1.93. The smallest absolute Gasteiger partial charge is 0.174 e. The topological polar surface area (TPSA) is 44.8 Å². The zero-order chi connectivity index (χ0) is 15.7. The summed E-state index contributed by atoms with van der Waals surface area (Å²) in [5.41, 5.74) is 0.760. The van der Waals surface area contributed by atoms with Crippen molar-refractivity contribution in [2.75, 3.05) is 14.2 Å². The molecule has 1 aliphatic heterocycles. The van der Waals surface area contributed by atoms with Gasteiger partial charge in [0.2, 0.25) is 0 Å². The summed E-state index contributed by atoms with van der Waals surface area (Å²) in [4.78, 5) is 12.7. The standard InChI is InChI=1S/C18H18O4/c1-18(12-7-5-4-6-8-12)11-14(19)17-15(21-3)9-13(20-2)10-16(17)22-18/h4-10H,11H2,1-3H3. The van der Waals surface area contributed by atoms with Crippen molar-refractivity contribution < 1.29 is 19.0 Å². The van der Waals surface area contributed by atoms with Gasteiger partial charge >= 0.3 is 0 Å². The molecule has 0 amide bonds. The number of Topliss-reactive ketones (excluding diaryl/α,β-unsaturated/α-hetero) is 1. The fourth-order valence-corrected chi connectivity index (χ4v) is 2.83. The van der Waals surface area contributed by atoms with E-state index in [4.69, 9.17) is 14.2 Å². The molecule has 0 aromatic heterocycles. The first kappa shape index (κ1) is 14.4. The van der Waals surface area contributed by atoms with Gasteiger partial charge in [0.05, 0.1) is 20.6 Å². The molecule has 114 valence electrons. The molecule has 2 aromatic carbocycles. The highest BCUT2D eigenvalue weighted by Gasteiger charge is 2.39. The number of carbonyl (C=O) groups excluding carboxylic acids is 1. The lowest BCUT2D eigenvalue weighted by Gasteiger charge is -2.36. The minimum Gasteiger partial charge on any atom is -0.496 e. The van der Waals surface area contributed by atoms with Crippen LogP contribution in [0, 0.1) is 0 Å². The molecule has 0 saturated carbocycles. The molecule has 0 spiro atoms. The summed E-state index contributed by atoms with van der Waals surface area (Å²) in [5, 5.41) is 0. The molecule has 0 N–H and O–H groups in total. The Morgan fingerprint density at radius 1 is 1.09 bits per heavy atom. The van der Waals surface area contributed by atoms with Crippen molar-refractivity contribution in [2.24, 2.45) is 0 Å². The van der Waals surface area contributed by atoms with Crippen LogP contribution in [0.15, 0.2) is 42.5 Å². The normalized spacial score (nSPS) is 20.0. The molecule has 4 heteroatoms. The molecule has 22 heavy (non-hydrogen) atoms. The molecule has 0 saturated heterocycles. The first-order valence-corrected chi connectivity index (χ1v) is 7.11. The van der Waals surface area contributed by atoms with Crippen molar-refractivity contribution in [1.29, 1.82) is 0 Å². The van der Waals surface area contributed by atoms with Crippen molar-refractivity contribution in [1.82, 2.24) is 0 Å². The number of carbonyl (C=O) groups is 1. The van der Waals surface area contributed by atoms with Crippen molar-refractivity contribution in [3.05, 3.63) is 53.6 Å². The van der Waals surface area contributed by atoms with Gasteiger partial charge in [0.25, 0.3) is 0 Å². The second kappa shape index (κ2) is 5.37. The number of ketones is 1. The Hall–Kier alpha value is -2.49. The van der Waals surface area contributed by atoms with Crippen LogP contribution in [0.3, 0.4) is 0 Å². The van der Waals surface area contributed by atoms with Crippen LogP contribution < -0.4 is 14.2 Å². The fraction of sp³-hybridized carbons (Fsp3) is 0.278. The minimum atomic E-state index is -0.692. The summed E-state index contributed by atoms with van der Waals surface area (Å²) >= 11 is 0. The third-order valence-corrected chi connectivity index (χ3v) is 3.99. The Morgan fingerprint density at radius 2 is 1.82 bits per heavy atom. The van der Waals surface area contributed by atoms with E-state index in [0.29, 0.717) is 22.8 Å².